The van der Waals surface area contributed by atoms with Gasteiger partial charge in [-0.15, -0.1) is 4.98 Å². The molecule has 6 heteroatoms. The number of hydrogen-bond acceptors (Lipinski definition) is 6. The SMILES string of the molecule is CCNc1nc(OCC)nc(OC2CCC2)n1. The Morgan fingerprint density at radius 2 is 1.94 bits per heavy atom. The standard InChI is InChI=1S/C11H18N4O2/c1-3-12-9-13-10(16-4-2)15-11(14-9)17-8-6-5-7-8/h8H,3-7H2,1-2H3,(H,12,13,14,15). The smallest absolute Gasteiger partial charge is 0.324 e. The van der Waals surface area contributed by atoms with Crippen LogP contribution in [0.1, 0.15) is 33.1 Å². The number of anilines is 1. The molecule has 1 heterocycles. The van der Waals surface area contributed by atoms with Crippen LogP contribution >= 0.6 is 0 Å². The van der Waals surface area contributed by atoms with Gasteiger partial charge < -0.3 is 14.8 Å². The molecule has 1 aliphatic carbocycles. The van der Waals surface area contributed by atoms with Crippen molar-refractivity contribution in [2.45, 2.75) is 39.2 Å². The van der Waals surface area contributed by atoms with Crippen molar-refractivity contribution < 1.29 is 9.47 Å². The summed E-state index contributed by atoms with van der Waals surface area (Å²) in [5.41, 5.74) is 0. The van der Waals surface area contributed by atoms with E-state index in [-0.39, 0.29) is 6.10 Å². The number of hydrogen-bond donors (Lipinski definition) is 1. The van der Waals surface area contributed by atoms with Crippen LogP contribution in [0.2, 0.25) is 0 Å². The zero-order valence-electron chi connectivity index (χ0n) is 10.3. The molecule has 17 heavy (non-hydrogen) atoms. The first-order chi connectivity index (χ1) is 8.31. The topological polar surface area (TPSA) is 69.2 Å². The Bertz CT molecular complexity index is 344. The van der Waals surface area contributed by atoms with Crippen molar-refractivity contribution in [1.82, 2.24) is 15.0 Å². The molecule has 1 aromatic heterocycles. The highest BCUT2D eigenvalue weighted by atomic mass is 16.5. The van der Waals surface area contributed by atoms with E-state index in [1.165, 1.54) is 6.42 Å². The lowest BCUT2D eigenvalue weighted by Gasteiger charge is -2.25. The van der Waals surface area contributed by atoms with E-state index in [1.54, 1.807) is 0 Å². The molecule has 1 aliphatic rings. The van der Waals surface area contributed by atoms with Gasteiger partial charge in [0, 0.05) is 6.54 Å². The van der Waals surface area contributed by atoms with Gasteiger partial charge in [-0.2, -0.15) is 9.97 Å². The van der Waals surface area contributed by atoms with Gasteiger partial charge in [-0.1, -0.05) is 0 Å². The summed E-state index contributed by atoms with van der Waals surface area (Å²) in [5, 5.41) is 3.03. The van der Waals surface area contributed by atoms with Crippen molar-refractivity contribution in [3.8, 4) is 12.0 Å². The van der Waals surface area contributed by atoms with Gasteiger partial charge in [0.25, 0.3) is 0 Å². The molecule has 2 rings (SSSR count). The Labute approximate surface area is 101 Å². The normalized spacial score (nSPS) is 15.2. The molecule has 1 fully saturated rings. The molecule has 0 spiro atoms. The summed E-state index contributed by atoms with van der Waals surface area (Å²) in [5.74, 6) is 0.500. The summed E-state index contributed by atoms with van der Waals surface area (Å²) in [4.78, 5) is 12.4. The van der Waals surface area contributed by atoms with Crippen LogP contribution in [0.5, 0.6) is 12.0 Å². The van der Waals surface area contributed by atoms with E-state index < -0.39 is 0 Å². The van der Waals surface area contributed by atoms with Crippen molar-refractivity contribution in [3.05, 3.63) is 0 Å². The Balaban J connectivity index is 2.10. The molecule has 94 valence electrons. The van der Waals surface area contributed by atoms with Gasteiger partial charge in [0.2, 0.25) is 5.95 Å². The molecule has 1 aromatic rings. The van der Waals surface area contributed by atoms with Crippen LogP contribution < -0.4 is 14.8 Å². The highest BCUT2D eigenvalue weighted by molar-refractivity contribution is 5.27. The number of aromatic nitrogens is 3. The van der Waals surface area contributed by atoms with Crippen LogP contribution in [-0.4, -0.2) is 34.2 Å². The van der Waals surface area contributed by atoms with E-state index in [9.17, 15) is 0 Å². The quantitative estimate of drug-likeness (QED) is 0.812. The molecular formula is C11H18N4O2. The van der Waals surface area contributed by atoms with E-state index in [1.807, 2.05) is 13.8 Å². The largest absolute Gasteiger partial charge is 0.464 e. The average molecular weight is 238 g/mol. The van der Waals surface area contributed by atoms with Gasteiger partial charge in [0.1, 0.15) is 6.10 Å². The first-order valence-electron chi connectivity index (χ1n) is 6.11. The second-order valence-corrected chi connectivity index (χ2v) is 3.86. The maximum atomic E-state index is 5.64. The summed E-state index contributed by atoms with van der Waals surface area (Å²) < 4.78 is 10.9. The molecule has 0 amide bonds. The predicted octanol–water partition coefficient (Wildman–Crippen LogP) is 1.63. The van der Waals surface area contributed by atoms with Crippen LogP contribution in [0.4, 0.5) is 5.95 Å². The molecule has 6 nitrogen and oxygen atoms in total. The third-order valence-electron chi connectivity index (χ3n) is 2.53. The van der Waals surface area contributed by atoms with Gasteiger partial charge in [-0.3, -0.25) is 0 Å². The molecule has 0 saturated heterocycles. The minimum Gasteiger partial charge on any atom is -0.464 e. The van der Waals surface area contributed by atoms with E-state index in [4.69, 9.17) is 9.47 Å². The first-order valence-corrected chi connectivity index (χ1v) is 6.11. The Morgan fingerprint density at radius 1 is 1.18 bits per heavy atom. The van der Waals surface area contributed by atoms with Crippen LogP contribution in [0, 0.1) is 0 Å². The highest BCUT2D eigenvalue weighted by Crippen LogP contribution is 2.24. The number of nitrogens with one attached hydrogen (secondary N) is 1. The molecule has 1 saturated carbocycles. The van der Waals surface area contributed by atoms with Crippen molar-refractivity contribution in [1.29, 1.82) is 0 Å². The van der Waals surface area contributed by atoms with Crippen molar-refractivity contribution in [2.75, 3.05) is 18.5 Å². The van der Waals surface area contributed by atoms with Gasteiger partial charge in [0.05, 0.1) is 6.61 Å². The molecule has 0 aromatic carbocycles. The van der Waals surface area contributed by atoms with Crippen LogP contribution in [0.15, 0.2) is 0 Å². The maximum absolute atomic E-state index is 5.64. The molecule has 1 N–H and O–H groups in total. The van der Waals surface area contributed by atoms with E-state index >= 15 is 0 Å². The lowest BCUT2D eigenvalue weighted by Crippen LogP contribution is -2.25. The second kappa shape index (κ2) is 5.65. The Hall–Kier alpha value is -1.59. The summed E-state index contributed by atoms with van der Waals surface area (Å²) in [6, 6.07) is 0.664. The predicted molar refractivity (Wildman–Crippen MR) is 63.4 cm³/mol. The van der Waals surface area contributed by atoms with Crippen molar-refractivity contribution in [3.63, 3.8) is 0 Å². The molecule has 0 aliphatic heterocycles. The van der Waals surface area contributed by atoms with Gasteiger partial charge in [-0.25, -0.2) is 0 Å². The van der Waals surface area contributed by atoms with Crippen LogP contribution in [0.25, 0.3) is 0 Å². The van der Waals surface area contributed by atoms with Crippen molar-refractivity contribution >= 4 is 5.95 Å². The number of ether oxygens (including phenoxy) is 2. The minimum absolute atomic E-state index is 0.251. The molecule has 0 unspecified atom stereocenters. The fourth-order valence-corrected chi connectivity index (χ4v) is 1.46. The average Bonchev–Trinajstić information content (AvgIpc) is 2.24. The van der Waals surface area contributed by atoms with E-state index in [0.717, 1.165) is 19.4 Å². The third kappa shape index (κ3) is 3.18. The zero-order chi connectivity index (χ0) is 12.1. The highest BCUT2D eigenvalue weighted by Gasteiger charge is 2.21. The summed E-state index contributed by atoms with van der Waals surface area (Å²) in [7, 11) is 0. The fraction of sp³-hybridized carbons (Fsp3) is 0.727. The monoisotopic (exact) mass is 238 g/mol. The molecule has 0 bridgehead atoms. The van der Waals surface area contributed by atoms with Crippen LogP contribution in [-0.2, 0) is 0 Å². The second-order valence-electron chi connectivity index (χ2n) is 3.86. The molecule has 0 atom stereocenters. The summed E-state index contributed by atoms with van der Waals surface area (Å²) in [6.45, 7) is 5.15. The minimum atomic E-state index is 0.251. The first kappa shape index (κ1) is 11.9. The number of nitrogens with zero attached hydrogens (tertiary/aromatic N) is 3. The number of rotatable bonds is 6. The van der Waals surface area contributed by atoms with Crippen LogP contribution in [0.3, 0.4) is 0 Å². The fourth-order valence-electron chi connectivity index (χ4n) is 1.46. The lowest BCUT2D eigenvalue weighted by molar-refractivity contribution is 0.107. The maximum Gasteiger partial charge on any atom is 0.324 e. The third-order valence-corrected chi connectivity index (χ3v) is 2.53. The zero-order valence-corrected chi connectivity index (χ0v) is 10.3. The summed E-state index contributed by atoms with van der Waals surface area (Å²) >= 11 is 0. The lowest BCUT2D eigenvalue weighted by atomic mass is 9.96. The van der Waals surface area contributed by atoms with E-state index in [2.05, 4.69) is 20.3 Å². The van der Waals surface area contributed by atoms with E-state index in [0.29, 0.717) is 24.6 Å². The molecular weight excluding hydrogens is 220 g/mol. The van der Waals surface area contributed by atoms with Crippen molar-refractivity contribution in [2.24, 2.45) is 0 Å². The van der Waals surface area contributed by atoms with Gasteiger partial charge in [0.15, 0.2) is 0 Å². The Kier molecular flexibility index (Phi) is 3.95. The van der Waals surface area contributed by atoms with Gasteiger partial charge in [-0.05, 0) is 33.1 Å². The summed E-state index contributed by atoms with van der Waals surface area (Å²) in [6.07, 6.45) is 3.62. The van der Waals surface area contributed by atoms with Gasteiger partial charge >= 0.3 is 12.0 Å². The Morgan fingerprint density at radius 3 is 2.53 bits per heavy atom. The molecule has 0 radical (unpaired) electrons.